The lowest BCUT2D eigenvalue weighted by Crippen LogP contribution is -2.14. The molecule has 0 aliphatic rings. The van der Waals surface area contributed by atoms with Crippen LogP contribution in [-0.4, -0.2) is 32.1 Å². The summed E-state index contributed by atoms with van der Waals surface area (Å²) in [6.07, 6.45) is 2.55. The molecular formula is C18H21N5O2S. The van der Waals surface area contributed by atoms with Crippen LogP contribution in [-0.2, 0) is 6.42 Å². The molecule has 0 saturated carbocycles. The summed E-state index contributed by atoms with van der Waals surface area (Å²) in [4.78, 5) is 13.5. The zero-order chi connectivity index (χ0) is 18.7. The van der Waals surface area contributed by atoms with E-state index in [0.717, 1.165) is 11.3 Å². The minimum absolute atomic E-state index is 0.0717. The number of aryl methyl sites for hydroxylation is 1. The van der Waals surface area contributed by atoms with E-state index in [1.807, 2.05) is 51.3 Å². The van der Waals surface area contributed by atoms with Crippen LogP contribution in [0.25, 0.3) is 0 Å². The molecule has 8 heteroatoms. The van der Waals surface area contributed by atoms with Gasteiger partial charge < -0.3 is 4.42 Å². The minimum atomic E-state index is -0.368. The topological polar surface area (TPSA) is 85.8 Å². The molecule has 1 aromatic carbocycles. The van der Waals surface area contributed by atoms with Gasteiger partial charge in [-0.15, -0.1) is 16.9 Å². The van der Waals surface area contributed by atoms with Crippen molar-refractivity contribution in [1.29, 1.82) is 0 Å². The minimum Gasteiger partial charge on any atom is -0.407 e. The highest BCUT2D eigenvalue weighted by atomic mass is 32.2. The number of hydrogen-bond acceptors (Lipinski definition) is 6. The zero-order valence-corrected chi connectivity index (χ0v) is 16.0. The molecule has 2 heterocycles. The van der Waals surface area contributed by atoms with Crippen molar-refractivity contribution in [3.05, 3.63) is 53.2 Å². The second-order valence-electron chi connectivity index (χ2n) is 6.19. The van der Waals surface area contributed by atoms with E-state index in [9.17, 15) is 4.79 Å². The standard InChI is InChI=1S/C18H21N5O2S/c1-11(2)23-12(3)9-15(22-23)17(24)19-18-21-20-16(25-18)10-13-5-7-14(26-4)8-6-13/h5-9,11H,10H2,1-4H3,(H,19,21,24). The molecule has 0 saturated heterocycles. The van der Waals surface area contributed by atoms with Crippen molar-refractivity contribution < 1.29 is 9.21 Å². The predicted octanol–water partition coefficient (Wildman–Crippen LogP) is 3.72. The van der Waals surface area contributed by atoms with Gasteiger partial charge in [0.25, 0.3) is 5.91 Å². The van der Waals surface area contributed by atoms with Crippen LogP contribution in [0, 0.1) is 6.92 Å². The Morgan fingerprint density at radius 3 is 2.62 bits per heavy atom. The van der Waals surface area contributed by atoms with Crippen LogP contribution in [0.1, 0.15) is 47.5 Å². The molecular weight excluding hydrogens is 350 g/mol. The lowest BCUT2D eigenvalue weighted by molar-refractivity contribution is 0.101. The van der Waals surface area contributed by atoms with Crippen LogP contribution in [0.15, 0.2) is 39.6 Å². The molecule has 7 nitrogen and oxygen atoms in total. The number of thioether (sulfide) groups is 1. The van der Waals surface area contributed by atoms with Gasteiger partial charge in [0.05, 0.1) is 6.42 Å². The SMILES string of the molecule is CSc1ccc(Cc2nnc(NC(=O)c3cc(C)n(C(C)C)n3)o2)cc1. The monoisotopic (exact) mass is 371 g/mol. The molecule has 0 aliphatic heterocycles. The van der Waals surface area contributed by atoms with Crippen molar-refractivity contribution in [1.82, 2.24) is 20.0 Å². The molecule has 0 radical (unpaired) electrons. The molecule has 0 atom stereocenters. The molecule has 26 heavy (non-hydrogen) atoms. The summed E-state index contributed by atoms with van der Waals surface area (Å²) in [6, 6.07) is 10.1. The van der Waals surface area contributed by atoms with Gasteiger partial charge in [-0.05, 0) is 50.8 Å². The molecule has 0 aliphatic carbocycles. The molecule has 0 fully saturated rings. The van der Waals surface area contributed by atoms with Gasteiger partial charge in [0, 0.05) is 16.6 Å². The molecule has 1 N–H and O–H groups in total. The number of rotatable bonds is 6. The van der Waals surface area contributed by atoms with E-state index in [0.29, 0.717) is 18.0 Å². The third kappa shape index (κ3) is 4.13. The van der Waals surface area contributed by atoms with E-state index in [2.05, 4.69) is 20.6 Å². The summed E-state index contributed by atoms with van der Waals surface area (Å²) in [7, 11) is 0. The highest BCUT2D eigenvalue weighted by molar-refractivity contribution is 7.98. The Morgan fingerprint density at radius 2 is 2.00 bits per heavy atom. The molecule has 0 spiro atoms. The van der Waals surface area contributed by atoms with Crippen molar-refractivity contribution >= 4 is 23.7 Å². The van der Waals surface area contributed by atoms with E-state index in [1.165, 1.54) is 4.90 Å². The Labute approximate surface area is 156 Å². The maximum atomic E-state index is 12.3. The van der Waals surface area contributed by atoms with E-state index < -0.39 is 0 Å². The molecule has 1 amide bonds. The first-order valence-corrected chi connectivity index (χ1v) is 9.51. The molecule has 0 unspecified atom stereocenters. The lowest BCUT2D eigenvalue weighted by Gasteiger charge is -2.06. The third-order valence-electron chi connectivity index (χ3n) is 3.85. The highest BCUT2D eigenvalue weighted by Gasteiger charge is 2.16. The average Bonchev–Trinajstić information content (AvgIpc) is 3.22. The number of amides is 1. The summed E-state index contributed by atoms with van der Waals surface area (Å²) in [6.45, 7) is 5.94. The van der Waals surface area contributed by atoms with Crippen LogP contribution in [0.2, 0.25) is 0 Å². The van der Waals surface area contributed by atoms with E-state index in [4.69, 9.17) is 4.42 Å². The number of hydrogen-bond donors (Lipinski definition) is 1. The molecule has 2 aromatic heterocycles. The number of nitrogens with zero attached hydrogens (tertiary/aromatic N) is 4. The number of nitrogens with one attached hydrogen (secondary N) is 1. The largest absolute Gasteiger partial charge is 0.407 e. The summed E-state index contributed by atoms with van der Waals surface area (Å²) >= 11 is 1.69. The smallest absolute Gasteiger partial charge is 0.322 e. The van der Waals surface area contributed by atoms with Gasteiger partial charge in [-0.3, -0.25) is 14.8 Å². The number of carbonyl (C=O) groups excluding carboxylic acids is 1. The van der Waals surface area contributed by atoms with Crippen molar-refractivity contribution in [2.45, 2.75) is 38.1 Å². The molecule has 3 aromatic rings. The van der Waals surface area contributed by atoms with Crippen molar-refractivity contribution in [2.24, 2.45) is 0 Å². The number of benzene rings is 1. The van der Waals surface area contributed by atoms with E-state index in [-0.39, 0.29) is 18.0 Å². The maximum Gasteiger partial charge on any atom is 0.322 e. The summed E-state index contributed by atoms with van der Waals surface area (Å²) in [5.41, 5.74) is 2.31. The van der Waals surface area contributed by atoms with Crippen LogP contribution in [0.4, 0.5) is 6.01 Å². The Hall–Kier alpha value is -2.61. The van der Waals surface area contributed by atoms with E-state index in [1.54, 1.807) is 22.5 Å². The predicted molar refractivity (Wildman–Crippen MR) is 101 cm³/mol. The number of anilines is 1. The van der Waals surface area contributed by atoms with Gasteiger partial charge in [0.2, 0.25) is 5.89 Å². The van der Waals surface area contributed by atoms with Crippen LogP contribution in [0.5, 0.6) is 0 Å². The highest BCUT2D eigenvalue weighted by Crippen LogP contribution is 2.18. The quantitative estimate of drug-likeness (QED) is 0.665. The number of aromatic nitrogens is 4. The fourth-order valence-electron chi connectivity index (χ4n) is 2.58. The molecule has 136 valence electrons. The second kappa shape index (κ2) is 7.74. The van der Waals surface area contributed by atoms with Gasteiger partial charge in [-0.2, -0.15) is 5.10 Å². The summed E-state index contributed by atoms with van der Waals surface area (Å²) < 4.78 is 7.32. The lowest BCUT2D eigenvalue weighted by atomic mass is 10.1. The van der Waals surface area contributed by atoms with Gasteiger partial charge >= 0.3 is 6.01 Å². The normalized spacial score (nSPS) is 11.1. The third-order valence-corrected chi connectivity index (χ3v) is 4.59. The average molecular weight is 371 g/mol. The van der Waals surface area contributed by atoms with Crippen LogP contribution in [0.3, 0.4) is 0 Å². The van der Waals surface area contributed by atoms with Gasteiger partial charge in [-0.1, -0.05) is 17.2 Å². The van der Waals surface area contributed by atoms with Gasteiger partial charge in [0.1, 0.15) is 0 Å². The Kier molecular flexibility index (Phi) is 5.41. The molecule has 0 bridgehead atoms. The van der Waals surface area contributed by atoms with Crippen LogP contribution >= 0.6 is 11.8 Å². The Balaban J connectivity index is 1.65. The fraction of sp³-hybridized carbons (Fsp3) is 0.333. The van der Waals surface area contributed by atoms with Crippen molar-refractivity contribution in [3.63, 3.8) is 0 Å². The fourth-order valence-corrected chi connectivity index (χ4v) is 2.98. The van der Waals surface area contributed by atoms with Crippen molar-refractivity contribution in [2.75, 3.05) is 11.6 Å². The van der Waals surface area contributed by atoms with Crippen molar-refractivity contribution in [3.8, 4) is 0 Å². The van der Waals surface area contributed by atoms with Gasteiger partial charge in [-0.25, -0.2) is 0 Å². The van der Waals surface area contributed by atoms with E-state index >= 15 is 0 Å². The van der Waals surface area contributed by atoms with Crippen LogP contribution < -0.4 is 5.32 Å². The second-order valence-corrected chi connectivity index (χ2v) is 7.07. The summed E-state index contributed by atoms with van der Waals surface area (Å²) in [5, 5.41) is 14.8. The van der Waals surface area contributed by atoms with Gasteiger partial charge in [0.15, 0.2) is 5.69 Å². The Bertz CT molecular complexity index is 899. The zero-order valence-electron chi connectivity index (χ0n) is 15.2. The first-order valence-electron chi connectivity index (χ1n) is 8.29. The summed E-state index contributed by atoms with van der Waals surface area (Å²) in [5.74, 6) is 0.0770. The Morgan fingerprint density at radius 1 is 1.27 bits per heavy atom. The first kappa shape index (κ1) is 18.2. The maximum absolute atomic E-state index is 12.3. The number of carbonyl (C=O) groups is 1. The molecule has 3 rings (SSSR count). The first-order chi connectivity index (χ1) is 12.5.